The van der Waals surface area contributed by atoms with Crippen molar-refractivity contribution in [2.45, 2.75) is 6.42 Å². The Kier molecular flexibility index (Phi) is 6.14. The normalized spacial score (nSPS) is 10.6. The maximum atomic E-state index is 5.62. The van der Waals surface area contributed by atoms with Crippen LogP contribution in [-0.2, 0) is 9.47 Å². The number of anilines is 2. The summed E-state index contributed by atoms with van der Waals surface area (Å²) in [4.78, 5) is 2.22. The molecule has 0 aromatic carbocycles. The Morgan fingerprint density at radius 3 is 2.62 bits per heavy atom. The van der Waals surface area contributed by atoms with Crippen molar-refractivity contribution in [1.82, 2.24) is 4.37 Å². The first kappa shape index (κ1) is 13.2. The Morgan fingerprint density at radius 2 is 2.06 bits per heavy atom. The van der Waals surface area contributed by atoms with Crippen LogP contribution in [0.2, 0.25) is 0 Å². The zero-order valence-electron chi connectivity index (χ0n) is 9.81. The number of ether oxygens (including phenoxy) is 2. The van der Waals surface area contributed by atoms with Gasteiger partial charge in [0.1, 0.15) is 10.8 Å². The highest BCUT2D eigenvalue weighted by molar-refractivity contribution is 7.10. The molecule has 1 aromatic heterocycles. The van der Waals surface area contributed by atoms with Gasteiger partial charge in [-0.05, 0) is 18.0 Å². The summed E-state index contributed by atoms with van der Waals surface area (Å²) in [6.45, 7) is 3.24. The first-order valence-electron chi connectivity index (χ1n) is 5.23. The molecule has 1 heterocycles. The molecule has 0 amide bonds. The number of methoxy groups -OCH3 is 2. The number of nitrogens with zero attached hydrogens (tertiary/aromatic N) is 2. The molecule has 0 atom stereocenters. The molecule has 16 heavy (non-hydrogen) atoms. The third-order valence-electron chi connectivity index (χ3n) is 2.17. The van der Waals surface area contributed by atoms with Crippen molar-refractivity contribution in [1.29, 1.82) is 0 Å². The molecule has 0 radical (unpaired) electrons. The highest BCUT2D eigenvalue weighted by Gasteiger charge is 2.09. The maximum absolute atomic E-state index is 5.62. The number of aromatic nitrogens is 1. The number of hydrogen-bond acceptors (Lipinski definition) is 6. The van der Waals surface area contributed by atoms with Gasteiger partial charge in [0.15, 0.2) is 0 Å². The molecule has 0 spiro atoms. The van der Waals surface area contributed by atoms with Gasteiger partial charge in [-0.1, -0.05) is 0 Å². The quantitative estimate of drug-likeness (QED) is 0.698. The van der Waals surface area contributed by atoms with Crippen LogP contribution in [-0.4, -0.2) is 44.9 Å². The molecule has 0 aliphatic heterocycles. The van der Waals surface area contributed by atoms with E-state index in [9.17, 15) is 0 Å². The van der Waals surface area contributed by atoms with E-state index in [0.717, 1.165) is 31.1 Å². The number of nitrogen functional groups attached to an aromatic ring is 1. The van der Waals surface area contributed by atoms with Gasteiger partial charge in [-0.25, -0.2) is 0 Å². The second-order valence-corrected chi connectivity index (χ2v) is 4.20. The Hall–Kier alpha value is -0.850. The summed E-state index contributed by atoms with van der Waals surface area (Å²) >= 11 is 1.42. The summed E-state index contributed by atoms with van der Waals surface area (Å²) in [6, 6.07) is 1.90. The topological polar surface area (TPSA) is 60.6 Å². The van der Waals surface area contributed by atoms with Gasteiger partial charge < -0.3 is 20.1 Å². The third-order valence-corrected chi connectivity index (χ3v) is 3.03. The smallest absolute Gasteiger partial charge is 0.139 e. The number of nitrogens with two attached hydrogens (primary N) is 1. The predicted octanol–water partition coefficient (Wildman–Crippen LogP) is 1.21. The molecular weight excluding hydrogens is 226 g/mol. The van der Waals surface area contributed by atoms with Crippen molar-refractivity contribution < 1.29 is 9.47 Å². The van der Waals surface area contributed by atoms with E-state index in [-0.39, 0.29) is 0 Å². The lowest BCUT2D eigenvalue weighted by molar-refractivity contribution is 0.191. The molecule has 92 valence electrons. The van der Waals surface area contributed by atoms with Crippen LogP contribution in [0.25, 0.3) is 0 Å². The van der Waals surface area contributed by atoms with Crippen molar-refractivity contribution >= 4 is 22.4 Å². The van der Waals surface area contributed by atoms with Crippen LogP contribution in [0.1, 0.15) is 6.42 Å². The van der Waals surface area contributed by atoms with Crippen molar-refractivity contribution in [2.75, 3.05) is 51.2 Å². The second-order valence-electron chi connectivity index (χ2n) is 3.42. The van der Waals surface area contributed by atoms with E-state index in [1.165, 1.54) is 11.5 Å². The van der Waals surface area contributed by atoms with Crippen molar-refractivity contribution in [3.63, 3.8) is 0 Å². The minimum Gasteiger partial charge on any atom is -0.385 e. The highest BCUT2D eigenvalue weighted by Crippen LogP contribution is 2.22. The molecule has 1 aromatic rings. The summed E-state index contributed by atoms with van der Waals surface area (Å²) in [6.07, 6.45) is 0.984. The molecule has 0 fully saturated rings. The van der Waals surface area contributed by atoms with Gasteiger partial charge in [-0.15, -0.1) is 0 Å². The van der Waals surface area contributed by atoms with E-state index < -0.39 is 0 Å². The molecule has 2 N–H and O–H groups in total. The van der Waals surface area contributed by atoms with Gasteiger partial charge in [0.2, 0.25) is 0 Å². The monoisotopic (exact) mass is 245 g/mol. The molecular formula is C10H19N3O2S. The minimum atomic E-state index is 0.578. The lowest BCUT2D eigenvalue weighted by atomic mass is 10.4. The van der Waals surface area contributed by atoms with Crippen molar-refractivity contribution in [3.8, 4) is 0 Å². The van der Waals surface area contributed by atoms with E-state index in [1.807, 2.05) is 6.07 Å². The lowest BCUT2D eigenvalue weighted by Crippen LogP contribution is -2.28. The van der Waals surface area contributed by atoms with Crippen molar-refractivity contribution in [3.05, 3.63) is 6.07 Å². The van der Waals surface area contributed by atoms with Crippen LogP contribution in [0.5, 0.6) is 0 Å². The second kappa shape index (κ2) is 7.43. The van der Waals surface area contributed by atoms with Gasteiger partial charge >= 0.3 is 0 Å². The van der Waals surface area contributed by atoms with Gasteiger partial charge in [0.05, 0.1) is 6.61 Å². The largest absolute Gasteiger partial charge is 0.385 e. The first-order chi connectivity index (χ1) is 7.77. The predicted molar refractivity (Wildman–Crippen MR) is 67.1 cm³/mol. The first-order valence-corrected chi connectivity index (χ1v) is 6.00. The molecule has 0 aliphatic rings. The lowest BCUT2D eigenvalue weighted by Gasteiger charge is -2.21. The Morgan fingerprint density at radius 1 is 1.31 bits per heavy atom. The molecule has 1 rings (SSSR count). The molecule has 6 heteroatoms. The van der Waals surface area contributed by atoms with Gasteiger partial charge in [0.25, 0.3) is 0 Å². The van der Waals surface area contributed by atoms with Crippen LogP contribution >= 0.6 is 11.5 Å². The van der Waals surface area contributed by atoms with Gasteiger partial charge in [0, 0.05) is 40.0 Å². The molecule has 0 aliphatic carbocycles. The van der Waals surface area contributed by atoms with E-state index in [0.29, 0.717) is 12.4 Å². The number of rotatable bonds is 8. The molecule has 0 saturated heterocycles. The van der Waals surface area contributed by atoms with E-state index in [1.54, 1.807) is 14.2 Å². The van der Waals surface area contributed by atoms with Crippen molar-refractivity contribution in [2.24, 2.45) is 0 Å². The SMILES string of the molecule is COCCCN(CCOC)c1cc(N)ns1. The van der Waals surface area contributed by atoms with Crippen LogP contribution in [0.4, 0.5) is 10.8 Å². The summed E-state index contributed by atoms with van der Waals surface area (Å²) in [5.74, 6) is 0.578. The average molecular weight is 245 g/mol. The Balaban J connectivity index is 2.49. The Bertz CT molecular complexity index is 293. The molecule has 0 unspecified atom stereocenters. The fourth-order valence-electron chi connectivity index (χ4n) is 1.36. The van der Waals surface area contributed by atoms with E-state index in [4.69, 9.17) is 15.2 Å². The molecule has 0 bridgehead atoms. The zero-order valence-corrected chi connectivity index (χ0v) is 10.6. The number of hydrogen-bond donors (Lipinski definition) is 1. The minimum absolute atomic E-state index is 0.578. The summed E-state index contributed by atoms with van der Waals surface area (Å²) in [5, 5.41) is 1.09. The molecule has 0 saturated carbocycles. The Labute approximate surface area is 100 Å². The van der Waals surface area contributed by atoms with Crippen LogP contribution < -0.4 is 10.6 Å². The zero-order chi connectivity index (χ0) is 11.8. The highest BCUT2D eigenvalue weighted by atomic mass is 32.1. The average Bonchev–Trinajstić information content (AvgIpc) is 2.70. The van der Waals surface area contributed by atoms with Crippen LogP contribution in [0.3, 0.4) is 0 Å². The van der Waals surface area contributed by atoms with Crippen LogP contribution in [0, 0.1) is 0 Å². The third kappa shape index (κ3) is 4.34. The van der Waals surface area contributed by atoms with Crippen LogP contribution in [0.15, 0.2) is 6.07 Å². The van der Waals surface area contributed by atoms with Gasteiger partial charge in [-0.3, -0.25) is 0 Å². The summed E-state index contributed by atoms with van der Waals surface area (Å²) < 4.78 is 14.2. The standard InChI is InChI=1S/C10H19N3O2S/c1-14-6-3-4-13(5-7-15-2)10-8-9(11)12-16-10/h8H,3-7H2,1-2H3,(H2,11,12). The fraction of sp³-hybridized carbons (Fsp3) is 0.700. The van der Waals surface area contributed by atoms with E-state index in [2.05, 4.69) is 9.27 Å². The molecule has 5 nitrogen and oxygen atoms in total. The fourth-order valence-corrected chi connectivity index (χ4v) is 2.08. The summed E-state index contributed by atoms with van der Waals surface area (Å²) in [5.41, 5.74) is 5.62. The van der Waals surface area contributed by atoms with Gasteiger partial charge in [-0.2, -0.15) is 4.37 Å². The van der Waals surface area contributed by atoms with E-state index >= 15 is 0 Å². The maximum Gasteiger partial charge on any atom is 0.139 e. The summed E-state index contributed by atoms with van der Waals surface area (Å²) in [7, 11) is 3.42.